The minimum Gasteiger partial charge on any atom is -0.457 e. The first-order valence-electron chi connectivity index (χ1n) is 20.3. The average Bonchev–Trinajstić information content (AvgIpc) is 3.16. The summed E-state index contributed by atoms with van der Waals surface area (Å²) in [6, 6.07) is 0. The molecule has 53 heavy (non-hydrogen) atoms. The summed E-state index contributed by atoms with van der Waals surface area (Å²) in [6.07, 6.45) is 9.83. The molecule has 2 aliphatic rings. The monoisotopic (exact) mass is 764 g/mol. The highest BCUT2D eigenvalue weighted by Crippen LogP contribution is 2.26. The second-order valence-electron chi connectivity index (χ2n) is 14.4. The van der Waals surface area contributed by atoms with E-state index in [1.165, 1.54) is 89.9 Å². The SMILES string of the molecule is CCCCCCCCC/C=C\CCCCCCCCCCOCC(COC1OC(COC2OC(CO)C(O)C(O)C2O)C(O)C(O)C1O)OC(=O)CC. The second kappa shape index (κ2) is 29.0. The maximum Gasteiger partial charge on any atom is 0.305 e. The molecule has 11 atom stereocenters. The van der Waals surface area contributed by atoms with Crippen LogP contribution in [0.5, 0.6) is 0 Å². The zero-order valence-electron chi connectivity index (χ0n) is 32.3. The Morgan fingerprint density at radius 1 is 0.604 bits per heavy atom. The van der Waals surface area contributed by atoms with Gasteiger partial charge in [-0.25, -0.2) is 0 Å². The molecule has 312 valence electrons. The van der Waals surface area contributed by atoms with E-state index >= 15 is 0 Å². The number of unbranched alkanes of at least 4 members (excludes halogenated alkanes) is 15. The summed E-state index contributed by atoms with van der Waals surface area (Å²) in [5.74, 6) is -0.465. The van der Waals surface area contributed by atoms with E-state index in [1.807, 2.05) is 0 Å². The van der Waals surface area contributed by atoms with Crippen LogP contribution >= 0.6 is 0 Å². The van der Waals surface area contributed by atoms with Crippen molar-refractivity contribution in [1.82, 2.24) is 0 Å². The van der Waals surface area contributed by atoms with Gasteiger partial charge in [-0.1, -0.05) is 103 Å². The summed E-state index contributed by atoms with van der Waals surface area (Å²) in [7, 11) is 0. The highest BCUT2D eigenvalue weighted by molar-refractivity contribution is 5.69. The Balaban J connectivity index is 1.61. The number of esters is 1. The molecule has 14 nitrogen and oxygen atoms in total. The third-order valence-corrected chi connectivity index (χ3v) is 9.83. The fourth-order valence-corrected chi connectivity index (χ4v) is 6.37. The van der Waals surface area contributed by atoms with Crippen LogP contribution in [0.2, 0.25) is 0 Å². The number of carbonyl (C=O) groups excluding carboxylic acids is 1. The number of allylic oxidation sites excluding steroid dienone is 2. The molecule has 2 heterocycles. The molecule has 0 radical (unpaired) electrons. The van der Waals surface area contributed by atoms with Crippen molar-refractivity contribution in [1.29, 1.82) is 0 Å². The Hall–Kier alpha value is -1.27. The van der Waals surface area contributed by atoms with Crippen molar-refractivity contribution in [2.75, 3.05) is 33.0 Å². The maximum atomic E-state index is 12.1. The fraction of sp³-hybridized carbons (Fsp3) is 0.923. The van der Waals surface area contributed by atoms with Crippen LogP contribution in [-0.4, -0.2) is 142 Å². The number of carbonyl (C=O) groups is 1. The van der Waals surface area contributed by atoms with Gasteiger partial charge in [0.15, 0.2) is 12.6 Å². The molecule has 0 spiro atoms. The molecule has 14 heteroatoms. The van der Waals surface area contributed by atoms with Gasteiger partial charge in [-0.3, -0.25) is 4.79 Å². The number of aliphatic hydroxyl groups is 7. The lowest BCUT2D eigenvalue weighted by Gasteiger charge is -2.42. The van der Waals surface area contributed by atoms with Gasteiger partial charge in [0.1, 0.15) is 54.9 Å². The average molecular weight is 765 g/mol. The molecule has 0 aromatic carbocycles. The predicted octanol–water partition coefficient (Wildman–Crippen LogP) is 3.17. The smallest absolute Gasteiger partial charge is 0.305 e. The number of ether oxygens (including phenoxy) is 6. The second-order valence-corrected chi connectivity index (χ2v) is 14.4. The summed E-state index contributed by atoms with van der Waals surface area (Å²) in [5, 5.41) is 71.0. The number of rotatable bonds is 30. The molecule has 11 unspecified atom stereocenters. The molecule has 7 N–H and O–H groups in total. The topological polar surface area (TPSA) is 214 Å². The molecule has 2 saturated heterocycles. The third-order valence-electron chi connectivity index (χ3n) is 9.83. The van der Waals surface area contributed by atoms with Gasteiger partial charge < -0.3 is 64.2 Å². The Morgan fingerprint density at radius 3 is 1.64 bits per heavy atom. The predicted molar refractivity (Wildman–Crippen MR) is 197 cm³/mol. The van der Waals surface area contributed by atoms with Crippen LogP contribution < -0.4 is 0 Å². The fourth-order valence-electron chi connectivity index (χ4n) is 6.37. The standard InChI is InChI=1S/C39H72O14/c1-3-5-6-7-8-9-10-11-12-13-14-15-16-17-18-19-20-21-22-23-48-25-28(51-31(41)4-2)26-49-38-37(47)35(45)33(43)30(53-38)27-50-39-36(46)34(44)32(42)29(24-40)52-39/h12-13,28-30,32-40,42-47H,3-11,14-27H2,1-2H3/b13-12-. The van der Waals surface area contributed by atoms with E-state index < -0.39 is 86.7 Å². The van der Waals surface area contributed by atoms with E-state index in [4.69, 9.17) is 28.4 Å². The van der Waals surface area contributed by atoms with Gasteiger partial charge in [-0.05, 0) is 32.1 Å². The molecule has 0 aromatic rings. The minimum absolute atomic E-state index is 0.0525. The molecule has 0 amide bonds. The van der Waals surface area contributed by atoms with E-state index in [1.54, 1.807) is 6.92 Å². The quantitative estimate of drug-likeness (QED) is 0.0318. The first-order chi connectivity index (χ1) is 25.6. The first-order valence-corrected chi connectivity index (χ1v) is 20.3. The Morgan fingerprint density at radius 2 is 1.09 bits per heavy atom. The van der Waals surface area contributed by atoms with Crippen LogP contribution in [0.4, 0.5) is 0 Å². The Bertz CT molecular complexity index is 938. The number of hydrogen-bond acceptors (Lipinski definition) is 14. The largest absolute Gasteiger partial charge is 0.457 e. The maximum absolute atomic E-state index is 12.1. The van der Waals surface area contributed by atoms with Crippen molar-refractivity contribution in [2.45, 2.75) is 197 Å². The zero-order valence-corrected chi connectivity index (χ0v) is 32.3. The van der Waals surface area contributed by atoms with E-state index in [0.29, 0.717) is 6.61 Å². The highest BCUT2D eigenvalue weighted by atomic mass is 16.7. The summed E-state index contributed by atoms with van der Waals surface area (Å²) in [5.41, 5.74) is 0. The summed E-state index contributed by atoms with van der Waals surface area (Å²) in [4.78, 5) is 12.1. The van der Waals surface area contributed by atoms with Crippen LogP contribution in [-0.2, 0) is 33.2 Å². The van der Waals surface area contributed by atoms with E-state index in [-0.39, 0.29) is 19.6 Å². The lowest BCUT2D eigenvalue weighted by Crippen LogP contribution is -2.61. The van der Waals surface area contributed by atoms with Crippen molar-refractivity contribution in [3.8, 4) is 0 Å². The van der Waals surface area contributed by atoms with Gasteiger partial charge >= 0.3 is 5.97 Å². The van der Waals surface area contributed by atoms with Gasteiger partial charge in [0, 0.05) is 13.0 Å². The summed E-state index contributed by atoms with van der Waals surface area (Å²) in [6.45, 7) is 3.08. The van der Waals surface area contributed by atoms with Crippen molar-refractivity contribution in [3.05, 3.63) is 12.2 Å². The van der Waals surface area contributed by atoms with Gasteiger partial charge in [0.25, 0.3) is 0 Å². The molecule has 0 bridgehead atoms. The molecule has 0 saturated carbocycles. The van der Waals surface area contributed by atoms with Crippen LogP contribution in [0.1, 0.15) is 129 Å². The van der Waals surface area contributed by atoms with Crippen LogP contribution in [0.25, 0.3) is 0 Å². The molecule has 2 fully saturated rings. The first kappa shape index (κ1) is 47.9. The summed E-state index contributed by atoms with van der Waals surface area (Å²) >= 11 is 0. The van der Waals surface area contributed by atoms with Crippen molar-refractivity contribution in [2.24, 2.45) is 0 Å². The zero-order chi connectivity index (χ0) is 38.8. The van der Waals surface area contributed by atoms with Gasteiger partial charge in [-0.15, -0.1) is 0 Å². The Kier molecular flexibility index (Phi) is 26.2. The lowest BCUT2D eigenvalue weighted by atomic mass is 9.98. The van der Waals surface area contributed by atoms with Gasteiger partial charge in [0.05, 0.1) is 26.4 Å². The molecular formula is C39H72O14. The van der Waals surface area contributed by atoms with E-state index in [9.17, 15) is 40.5 Å². The van der Waals surface area contributed by atoms with E-state index in [0.717, 1.165) is 19.3 Å². The third kappa shape index (κ3) is 19.0. The van der Waals surface area contributed by atoms with Crippen LogP contribution in [0.15, 0.2) is 12.2 Å². The molecule has 0 aromatic heterocycles. The Labute approximate surface area is 316 Å². The van der Waals surface area contributed by atoms with Crippen LogP contribution in [0.3, 0.4) is 0 Å². The number of aliphatic hydroxyl groups excluding tert-OH is 7. The summed E-state index contributed by atoms with van der Waals surface area (Å²) < 4.78 is 33.3. The molecular weight excluding hydrogens is 692 g/mol. The van der Waals surface area contributed by atoms with Gasteiger partial charge in [0.2, 0.25) is 0 Å². The van der Waals surface area contributed by atoms with Gasteiger partial charge in [-0.2, -0.15) is 0 Å². The lowest BCUT2D eigenvalue weighted by molar-refractivity contribution is -0.332. The van der Waals surface area contributed by atoms with Crippen molar-refractivity contribution in [3.63, 3.8) is 0 Å². The minimum atomic E-state index is -1.70. The normalized spacial score (nSPS) is 29.8. The highest BCUT2D eigenvalue weighted by Gasteiger charge is 2.47. The van der Waals surface area contributed by atoms with Crippen LogP contribution in [0, 0.1) is 0 Å². The molecule has 2 rings (SSSR count). The van der Waals surface area contributed by atoms with E-state index in [2.05, 4.69) is 19.1 Å². The molecule has 2 aliphatic heterocycles. The molecule has 0 aliphatic carbocycles. The van der Waals surface area contributed by atoms with Crippen molar-refractivity contribution < 1.29 is 69.0 Å². The van der Waals surface area contributed by atoms with Crippen molar-refractivity contribution >= 4 is 5.97 Å². The number of hydrogen-bond donors (Lipinski definition) is 7.